The summed E-state index contributed by atoms with van der Waals surface area (Å²) in [7, 11) is 0. The first-order valence-electron chi connectivity index (χ1n) is 5.38. The minimum absolute atomic E-state index is 0.0472. The van der Waals surface area contributed by atoms with Crippen LogP contribution in [-0.4, -0.2) is 16.6 Å². The molecule has 1 unspecified atom stereocenters. The normalized spacial score (nSPS) is 38.6. The van der Waals surface area contributed by atoms with Gasteiger partial charge in [-0.05, 0) is 31.1 Å². The van der Waals surface area contributed by atoms with Crippen LogP contribution < -0.4 is 5.73 Å². The minimum Gasteiger partial charge on any atom is -0.390 e. The zero-order chi connectivity index (χ0) is 10.9. The molecule has 0 aromatic carbocycles. The van der Waals surface area contributed by atoms with Crippen molar-refractivity contribution in [3.8, 4) is 0 Å². The molecule has 14 heavy (non-hydrogen) atoms. The van der Waals surface area contributed by atoms with E-state index < -0.39 is 5.60 Å². The van der Waals surface area contributed by atoms with Crippen molar-refractivity contribution in [2.24, 2.45) is 23.5 Å². The Balaban J connectivity index is 2.67. The zero-order valence-electron chi connectivity index (χ0n) is 9.29. The number of amides is 1. The van der Waals surface area contributed by atoms with Crippen LogP contribution in [-0.2, 0) is 4.79 Å². The summed E-state index contributed by atoms with van der Waals surface area (Å²) >= 11 is 0. The molecule has 1 amide bonds. The molecule has 0 radical (unpaired) electrons. The SMILES string of the molecule is CC(C)C1(O)CC[C@H](C(N)=O)[C@H](C)C1. The van der Waals surface area contributed by atoms with Gasteiger partial charge in [-0.3, -0.25) is 4.79 Å². The van der Waals surface area contributed by atoms with Crippen LogP contribution in [0.1, 0.15) is 40.0 Å². The summed E-state index contributed by atoms with van der Waals surface area (Å²) in [6.45, 7) is 6.05. The summed E-state index contributed by atoms with van der Waals surface area (Å²) in [6.07, 6.45) is 2.12. The first-order chi connectivity index (χ1) is 6.37. The Morgan fingerprint density at radius 3 is 2.50 bits per heavy atom. The number of hydrogen-bond acceptors (Lipinski definition) is 2. The fraction of sp³-hybridized carbons (Fsp3) is 0.909. The highest BCUT2D eigenvalue weighted by Crippen LogP contribution is 2.40. The van der Waals surface area contributed by atoms with Gasteiger partial charge >= 0.3 is 0 Å². The predicted molar refractivity (Wildman–Crippen MR) is 55.5 cm³/mol. The first kappa shape index (κ1) is 11.5. The number of primary amides is 1. The van der Waals surface area contributed by atoms with Crippen molar-refractivity contribution in [2.75, 3.05) is 0 Å². The van der Waals surface area contributed by atoms with Gasteiger partial charge in [0.05, 0.1) is 5.60 Å². The molecule has 1 saturated carbocycles. The maximum absolute atomic E-state index is 11.1. The van der Waals surface area contributed by atoms with E-state index in [1.54, 1.807) is 0 Å². The van der Waals surface area contributed by atoms with Gasteiger partial charge in [0.15, 0.2) is 0 Å². The second-order valence-electron chi connectivity index (χ2n) is 4.99. The third-order valence-corrected chi connectivity index (χ3v) is 3.69. The second-order valence-corrected chi connectivity index (χ2v) is 4.99. The fourth-order valence-corrected chi connectivity index (χ4v) is 2.44. The first-order valence-corrected chi connectivity index (χ1v) is 5.38. The van der Waals surface area contributed by atoms with Crippen molar-refractivity contribution >= 4 is 5.91 Å². The number of nitrogens with two attached hydrogens (primary N) is 1. The van der Waals surface area contributed by atoms with Gasteiger partial charge in [-0.15, -0.1) is 0 Å². The Morgan fingerprint density at radius 2 is 2.14 bits per heavy atom. The largest absolute Gasteiger partial charge is 0.390 e. The molecule has 1 fully saturated rings. The van der Waals surface area contributed by atoms with E-state index in [4.69, 9.17) is 5.73 Å². The second kappa shape index (κ2) is 3.89. The highest BCUT2D eigenvalue weighted by molar-refractivity contribution is 5.77. The van der Waals surface area contributed by atoms with Gasteiger partial charge in [-0.1, -0.05) is 20.8 Å². The van der Waals surface area contributed by atoms with Gasteiger partial charge < -0.3 is 10.8 Å². The molecular weight excluding hydrogens is 178 g/mol. The van der Waals surface area contributed by atoms with Gasteiger partial charge in [0.25, 0.3) is 0 Å². The molecule has 1 aliphatic rings. The van der Waals surface area contributed by atoms with E-state index in [1.165, 1.54) is 0 Å². The minimum atomic E-state index is -0.592. The monoisotopic (exact) mass is 199 g/mol. The molecule has 1 aliphatic carbocycles. The standard InChI is InChI=1S/C11H21NO2/c1-7(2)11(14)5-4-9(10(12)13)8(3)6-11/h7-9,14H,4-6H2,1-3H3,(H2,12,13)/t8-,9+,11?/m1/s1. The number of carbonyl (C=O) groups excluding carboxylic acids is 1. The van der Waals surface area contributed by atoms with Crippen LogP contribution in [0.15, 0.2) is 0 Å². The quantitative estimate of drug-likeness (QED) is 0.704. The molecule has 3 N–H and O–H groups in total. The predicted octanol–water partition coefficient (Wildman–Crippen LogP) is 1.30. The van der Waals surface area contributed by atoms with E-state index in [-0.39, 0.29) is 23.7 Å². The topological polar surface area (TPSA) is 63.3 Å². The fourth-order valence-electron chi connectivity index (χ4n) is 2.44. The van der Waals surface area contributed by atoms with Gasteiger partial charge in [-0.2, -0.15) is 0 Å². The third-order valence-electron chi connectivity index (χ3n) is 3.69. The molecule has 0 heterocycles. The summed E-state index contributed by atoms with van der Waals surface area (Å²) in [6, 6.07) is 0. The van der Waals surface area contributed by atoms with Crippen LogP contribution in [0.5, 0.6) is 0 Å². The lowest BCUT2D eigenvalue weighted by Gasteiger charge is -2.41. The molecule has 1 rings (SSSR count). The molecular formula is C11H21NO2. The zero-order valence-corrected chi connectivity index (χ0v) is 9.29. The van der Waals surface area contributed by atoms with Gasteiger partial charge in [-0.25, -0.2) is 0 Å². The summed E-state index contributed by atoms with van der Waals surface area (Å²) in [4.78, 5) is 11.1. The van der Waals surface area contributed by atoms with E-state index in [0.717, 1.165) is 6.42 Å². The number of aliphatic hydroxyl groups is 1. The lowest BCUT2D eigenvalue weighted by Crippen LogP contribution is -2.45. The van der Waals surface area contributed by atoms with Crippen molar-refractivity contribution in [1.82, 2.24) is 0 Å². The van der Waals surface area contributed by atoms with E-state index in [0.29, 0.717) is 12.8 Å². The van der Waals surface area contributed by atoms with Crippen LogP contribution >= 0.6 is 0 Å². The lowest BCUT2D eigenvalue weighted by atomic mass is 9.68. The highest BCUT2D eigenvalue weighted by atomic mass is 16.3. The smallest absolute Gasteiger partial charge is 0.220 e. The summed E-state index contributed by atoms with van der Waals surface area (Å²) in [5.74, 6) is 0.185. The number of hydrogen-bond donors (Lipinski definition) is 2. The molecule has 82 valence electrons. The van der Waals surface area contributed by atoms with Crippen LogP contribution in [0.4, 0.5) is 0 Å². The maximum atomic E-state index is 11.1. The van der Waals surface area contributed by atoms with E-state index in [2.05, 4.69) is 0 Å². The summed E-state index contributed by atoms with van der Waals surface area (Å²) in [5, 5.41) is 10.3. The van der Waals surface area contributed by atoms with Crippen molar-refractivity contribution < 1.29 is 9.90 Å². The van der Waals surface area contributed by atoms with E-state index in [9.17, 15) is 9.90 Å². The van der Waals surface area contributed by atoms with Gasteiger partial charge in [0.2, 0.25) is 5.91 Å². The highest BCUT2D eigenvalue weighted by Gasteiger charge is 2.41. The van der Waals surface area contributed by atoms with E-state index >= 15 is 0 Å². The van der Waals surface area contributed by atoms with Crippen LogP contribution in [0, 0.1) is 17.8 Å². The average molecular weight is 199 g/mol. The molecule has 0 aromatic heterocycles. The van der Waals surface area contributed by atoms with E-state index in [1.807, 2.05) is 20.8 Å². The van der Waals surface area contributed by atoms with Crippen LogP contribution in [0.3, 0.4) is 0 Å². The van der Waals surface area contributed by atoms with Crippen LogP contribution in [0.25, 0.3) is 0 Å². The van der Waals surface area contributed by atoms with Gasteiger partial charge in [0, 0.05) is 5.92 Å². The van der Waals surface area contributed by atoms with Crippen molar-refractivity contribution in [3.63, 3.8) is 0 Å². The molecule has 3 nitrogen and oxygen atoms in total. The van der Waals surface area contributed by atoms with Crippen LogP contribution in [0.2, 0.25) is 0 Å². The molecule has 0 bridgehead atoms. The van der Waals surface area contributed by atoms with Crippen molar-refractivity contribution in [2.45, 2.75) is 45.6 Å². The Bertz CT molecular complexity index is 227. The molecule has 0 saturated heterocycles. The maximum Gasteiger partial charge on any atom is 0.220 e. The molecule has 3 atom stereocenters. The Hall–Kier alpha value is -0.570. The van der Waals surface area contributed by atoms with Crippen molar-refractivity contribution in [1.29, 1.82) is 0 Å². The number of rotatable bonds is 2. The third kappa shape index (κ3) is 2.08. The molecule has 0 aromatic rings. The molecule has 0 aliphatic heterocycles. The lowest BCUT2D eigenvalue weighted by molar-refractivity contribution is -0.129. The molecule has 3 heteroatoms. The summed E-state index contributed by atoms with van der Waals surface area (Å²) < 4.78 is 0. The Kier molecular flexibility index (Phi) is 3.20. The number of carbonyl (C=O) groups is 1. The molecule has 0 spiro atoms. The Labute approximate surface area is 85.7 Å². The van der Waals surface area contributed by atoms with Gasteiger partial charge in [0.1, 0.15) is 0 Å². The van der Waals surface area contributed by atoms with Crippen molar-refractivity contribution in [3.05, 3.63) is 0 Å². The summed E-state index contributed by atoms with van der Waals surface area (Å²) in [5.41, 5.74) is 4.71. The average Bonchev–Trinajstić information content (AvgIpc) is 2.02. The Morgan fingerprint density at radius 1 is 1.57 bits per heavy atom.